The van der Waals surface area contributed by atoms with Crippen LogP contribution in [0.15, 0.2) is 0 Å². The summed E-state index contributed by atoms with van der Waals surface area (Å²) < 4.78 is 23.3. The van der Waals surface area contributed by atoms with E-state index < -0.39 is 6.09 Å². The third-order valence-electron chi connectivity index (χ3n) is 11.9. The van der Waals surface area contributed by atoms with Gasteiger partial charge in [-0.15, -0.1) is 0 Å². The minimum atomic E-state index is -0.398. The number of ketones is 1. The van der Waals surface area contributed by atoms with Crippen LogP contribution in [-0.2, 0) is 23.7 Å². The standard InChI is InChI=1S/C53H105NO6/c1-4-7-9-11-13-15-17-19-21-23-25-27-29-31-33-39-47-58-49-52(59-48-40-34-32-30-28-26-24-22-20-18-16-14-12-10-8-5-2)50-60-53(56)54-44-38-35-36-42-51(55)43-37-41-46-57-45-6-3/h52H,4-50H2,1-3H3,(H,54,56)/t52-/m1/s1. The number of hydrogen-bond donors (Lipinski definition) is 1. The van der Waals surface area contributed by atoms with Gasteiger partial charge < -0.3 is 24.3 Å². The lowest BCUT2D eigenvalue weighted by atomic mass is 10.0. The smallest absolute Gasteiger partial charge is 0.407 e. The molecule has 0 aliphatic carbocycles. The molecule has 0 radical (unpaired) electrons. The van der Waals surface area contributed by atoms with Gasteiger partial charge in [0.05, 0.1) is 6.61 Å². The minimum absolute atomic E-state index is 0.210. The number of alkyl carbamates (subject to hydrolysis) is 1. The van der Waals surface area contributed by atoms with Crippen LogP contribution in [-0.4, -0.2) is 64.2 Å². The van der Waals surface area contributed by atoms with Gasteiger partial charge in [-0.05, 0) is 44.9 Å². The van der Waals surface area contributed by atoms with Gasteiger partial charge in [-0.3, -0.25) is 4.79 Å². The first-order valence-corrected chi connectivity index (χ1v) is 26.8. The highest BCUT2D eigenvalue weighted by atomic mass is 16.6. The number of hydrogen-bond acceptors (Lipinski definition) is 6. The largest absolute Gasteiger partial charge is 0.447 e. The maximum Gasteiger partial charge on any atom is 0.407 e. The second-order valence-electron chi connectivity index (χ2n) is 18.1. The highest BCUT2D eigenvalue weighted by molar-refractivity contribution is 5.78. The number of rotatable bonds is 52. The number of amides is 1. The van der Waals surface area contributed by atoms with Crippen molar-refractivity contribution >= 4 is 11.9 Å². The number of carbonyl (C=O) groups is 2. The molecule has 7 nitrogen and oxygen atoms in total. The summed E-state index contributed by atoms with van der Waals surface area (Å²) in [5, 5.41) is 2.88. The molecule has 0 aliphatic rings. The number of nitrogens with one attached hydrogen (secondary N) is 1. The number of ether oxygens (including phenoxy) is 4. The molecule has 0 saturated heterocycles. The predicted molar refractivity (Wildman–Crippen MR) is 257 cm³/mol. The first-order chi connectivity index (χ1) is 29.6. The lowest BCUT2D eigenvalue weighted by molar-refractivity contribution is -0.119. The molecule has 60 heavy (non-hydrogen) atoms. The Morgan fingerprint density at radius 3 is 1.18 bits per heavy atom. The first-order valence-electron chi connectivity index (χ1n) is 26.8. The maximum atomic E-state index is 12.5. The van der Waals surface area contributed by atoms with Crippen LogP contribution in [0.5, 0.6) is 0 Å². The molecule has 0 aromatic rings. The van der Waals surface area contributed by atoms with E-state index >= 15 is 0 Å². The van der Waals surface area contributed by atoms with Gasteiger partial charge in [-0.2, -0.15) is 0 Å². The fourth-order valence-corrected chi connectivity index (χ4v) is 7.94. The van der Waals surface area contributed by atoms with Crippen LogP contribution in [0, 0.1) is 0 Å². The molecular weight excluding hydrogens is 747 g/mol. The van der Waals surface area contributed by atoms with E-state index in [0.717, 1.165) is 71.2 Å². The van der Waals surface area contributed by atoms with Gasteiger partial charge >= 0.3 is 6.09 Å². The average Bonchev–Trinajstić information content (AvgIpc) is 3.25. The first kappa shape index (κ1) is 58.8. The van der Waals surface area contributed by atoms with E-state index in [1.165, 1.54) is 193 Å². The van der Waals surface area contributed by atoms with E-state index in [1.54, 1.807) is 0 Å². The number of unbranched alkanes of at least 4 members (excludes halogenated alkanes) is 33. The molecule has 0 aromatic heterocycles. The summed E-state index contributed by atoms with van der Waals surface area (Å²) >= 11 is 0. The summed E-state index contributed by atoms with van der Waals surface area (Å²) in [5.74, 6) is 0.334. The molecule has 0 bridgehead atoms. The van der Waals surface area contributed by atoms with E-state index in [-0.39, 0.29) is 12.7 Å². The van der Waals surface area contributed by atoms with Crippen molar-refractivity contribution in [2.24, 2.45) is 0 Å². The van der Waals surface area contributed by atoms with Gasteiger partial charge in [-0.1, -0.05) is 220 Å². The van der Waals surface area contributed by atoms with Crippen LogP contribution in [0.2, 0.25) is 0 Å². The van der Waals surface area contributed by atoms with Crippen LogP contribution in [0.1, 0.15) is 278 Å². The Labute approximate surface area is 374 Å². The maximum absolute atomic E-state index is 12.5. The zero-order valence-corrected chi connectivity index (χ0v) is 40.8. The Morgan fingerprint density at radius 1 is 0.367 bits per heavy atom. The average molecular weight is 852 g/mol. The predicted octanol–water partition coefficient (Wildman–Crippen LogP) is 16.4. The molecule has 0 spiro atoms. The van der Waals surface area contributed by atoms with Crippen LogP contribution < -0.4 is 5.32 Å². The van der Waals surface area contributed by atoms with E-state index in [1.807, 2.05) is 0 Å². The van der Waals surface area contributed by atoms with Gasteiger partial charge in [0.25, 0.3) is 0 Å². The summed E-state index contributed by atoms with van der Waals surface area (Å²) in [7, 11) is 0. The Bertz CT molecular complexity index is 840. The van der Waals surface area contributed by atoms with Crippen molar-refractivity contribution in [2.45, 2.75) is 284 Å². The van der Waals surface area contributed by atoms with E-state index in [9.17, 15) is 9.59 Å². The molecule has 0 unspecified atom stereocenters. The summed E-state index contributed by atoms with van der Waals surface area (Å²) in [6, 6.07) is 0. The summed E-state index contributed by atoms with van der Waals surface area (Å²) in [4.78, 5) is 24.6. The Morgan fingerprint density at radius 2 is 0.733 bits per heavy atom. The van der Waals surface area contributed by atoms with Crippen LogP contribution in [0.3, 0.4) is 0 Å². The molecule has 0 saturated carbocycles. The lowest BCUT2D eigenvalue weighted by Gasteiger charge is -2.18. The van der Waals surface area contributed by atoms with Crippen molar-refractivity contribution in [1.29, 1.82) is 0 Å². The summed E-state index contributed by atoms with van der Waals surface area (Å²) in [5.41, 5.74) is 0. The molecule has 1 N–H and O–H groups in total. The molecule has 358 valence electrons. The fourth-order valence-electron chi connectivity index (χ4n) is 7.94. The van der Waals surface area contributed by atoms with Crippen molar-refractivity contribution in [1.82, 2.24) is 5.32 Å². The number of Topliss-reactive ketones (excluding diaryl/α,β-unsaturated/α-hetero) is 1. The number of carbonyl (C=O) groups excluding carboxylic acids is 2. The molecule has 0 fully saturated rings. The Hall–Kier alpha value is -1.18. The topological polar surface area (TPSA) is 83.1 Å². The highest BCUT2D eigenvalue weighted by Crippen LogP contribution is 2.16. The van der Waals surface area contributed by atoms with Gasteiger partial charge in [0.1, 0.15) is 18.5 Å². The molecule has 0 heterocycles. The van der Waals surface area contributed by atoms with Gasteiger partial charge in [-0.25, -0.2) is 4.79 Å². The molecule has 7 heteroatoms. The molecule has 0 rings (SSSR count). The second-order valence-corrected chi connectivity index (χ2v) is 18.1. The fraction of sp³-hybridized carbons (Fsp3) is 0.962. The second kappa shape index (κ2) is 52.2. The van der Waals surface area contributed by atoms with E-state index in [0.29, 0.717) is 38.4 Å². The SMILES string of the molecule is CCCCCCCCCCCCCCCCCCOC[C@H](COC(=O)NCCCCCC(=O)CCCCOCCC)OCCCCCCCCCCCCCCCCCC. The molecule has 0 aliphatic heterocycles. The van der Waals surface area contributed by atoms with Crippen molar-refractivity contribution < 1.29 is 28.5 Å². The quantitative estimate of drug-likeness (QED) is 0.0614. The van der Waals surface area contributed by atoms with Crippen LogP contribution in [0.25, 0.3) is 0 Å². The monoisotopic (exact) mass is 852 g/mol. The van der Waals surface area contributed by atoms with Crippen molar-refractivity contribution in [3.63, 3.8) is 0 Å². The Kier molecular flexibility index (Phi) is 51.1. The normalized spacial score (nSPS) is 12.0. The minimum Gasteiger partial charge on any atom is -0.447 e. The molecule has 0 aromatic carbocycles. The van der Waals surface area contributed by atoms with Crippen molar-refractivity contribution in [2.75, 3.05) is 46.2 Å². The third-order valence-corrected chi connectivity index (χ3v) is 11.9. The van der Waals surface area contributed by atoms with E-state index in [2.05, 4.69) is 26.1 Å². The summed E-state index contributed by atoms with van der Waals surface area (Å²) in [6.45, 7) is 10.9. The Balaban J connectivity index is 4.13. The molecule has 1 atom stereocenters. The van der Waals surface area contributed by atoms with Crippen molar-refractivity contribution in [3.8, 4) is 0 Å². The molecule has 1 amide bonds. The lowest BCUT2D eigenvalue weighted by Crippen LogP contribution is -2.32. The zero-order chi connectivity index (χ0) is 43.5. The third kappa shape index (κ3) is 49.5. The molecular formula is C53H105NO6. The van der Waals surface area contributed by atoms with Gasteiger partial charge in [0.2, 0.25) is 0 Å². The highest BCUT2D eigenvalue weighted by Gasteiger charge is 2.13. The van der Waals surface area contributed by atoms with E-state index in [4.69, 9.17) is 18.9 Å². The van der Waals surface area contributed by atoms with Crippen molar-refractivity contribution in [3.05, 3.63) is 0 Å². The van der Waals surface area contributed by atoms with Gasteiger partial charge in [0.15, 0.2) is 0 Å². The van der Waals surface area contributed by atoms with Crippen LogP contribution in [0.4, 0.5) is 4.79 Å². The zero-order valence-electron chi connectivity index (χ0n) is 40.8. The van der Waals surface area contributed by atoms with Crippen LogP contribution >= 0.6 is 0 Å². The van der Waals surface area contributed by atoms with Gasteiger partial charge in [0, 0.05) is 45.8 Å². The summed E-state index contributed by atoms with van der Waals surface area (Å²) in [6.07, 6.45) is 49.6.